The molecule has 2 aromatic carbocycles. The molecule has 8 nitrogen and oxygen atoms in total. The maximum absolute atomic E-state index is 13.0. The van der Waals surface area contributed by atoms with E-state index in [0.717, 1.165) is 0 Å². The number of nitrogens with zero attached hydrogens (tertiary/aromatic N) is 3. The van der Waals surface area contributed by atoms with Gasteiger partial charge in [0.15, 0.2) is 0 Å². The molecule has 0 radical (unpaired) electrons. The van der Waals surface area contributed by atoms with Gasteiger partial charge in [-0.25, -0.2) is 21.6 Å². The Morgan fingerprint density at radius 3 is 2.03 bits per heavy atom. The molecular weight excluding hydrogens is 412 g/mol. The molecular formula is C19H18N4O4S2. The maximum atomic E-state index is 13.0. The molecule has 1 fully saturated rings. The first kappa shape index (κ1) is 21.0. The number of rotatable bonds is 8. The Morgan fingerprint density at radius 1 is 0.931 bits per heavy atom. The summed E-state index contributed by atoms with van der Waals surface area (Å²) in [7, 11) is -7.74. The van der Waals surface area contributed by atoms with Gasteiger partial charge in [0.05, 0.1) is 33.1 Å². The summed E-state index contributed by atoms with van der Waals surface area (Å²) in [6.45, 7) is -0.159. The fourth-order valence-corrected chi connectivity index (χ4v) is 5.63. The van der Waals surface area contributed by atoms with Crippen molar-refractivity contribution in [1.29, 1.82) is 10.5 Å². The zero-order valence-corrected chi connectivity index (χ0v) is 16.9. The predicted octanol–water partition coefficient (Wildman–Crippen LogP) is 1.56. The molecule has 0 bridgehead atoms. The van der Waals surface area contributed by atoms with Crippen LogP contribution in [0.2, 0.25) is 0 Å². The third-order valence-corrected chi connectivity index (χ3v) is 7.83. The van der Waals surface area contributed by atoms with Crippen molar-refractivity contribution < 1.29 is 16.8 Å². The lowest BCUT2D eigenvalue weighted by molar-refractivity contribution is 0.406. The molecule has 1 aliphatic carbocycles. The lowest BCUT2D eigenvalue weighted by Gasteiger charge is -2.22. The van der Waals surface area contributed by atoms with E-state index in [-0.39, 0.29) is 40.0 Å². The highest BCUT2D eigenvalue weighted by atomic mass is 32.2. The van der Waals surface area contributed by atoms with E-state index >= 15 is 0 Å². The Kier molecular flexibility index (Phi) is 6.01. The van der Waals surface area contributed by atoms with Crippen LogP contribution in [0.5, 0.6) is 0 Å². The van der Waals surface area contributed by atoms with Crippen molar-refractivity contribution in [2.75, 3.05) is 13.1 Å². The van der Waals surface area contributed by atoms with Crippen LogP contribution in [0.15, 0.2) is 58.3 Å². The minimum Gasteiger partial charge on any atom is -0.210 e. The van der Waals surface area contributed by atoms with Crippen LogP contribution in [0.25, 0.3) is 0 Å². The summed E-state index contributed by atoms with van der Waals surface area (Å²) in [5.41, 5.74) is 0.451. The van der Waals surface area contributed by atoms with Crippen molar-refractivity contribution >= 4 is 20.0 Å². The fraction of sp³-hybridized carbons (Fsp3) is 0.263. The molecule has 150 valence electrons. The predicted molar refractivity (Wildman–Crippen MR) is 104 cm³/mol. The molecule has 2 aromatic rings. The van der Waals surface area contributed by atoms with E-state index < -0.39 is 20.0 Å². The number of hydrogen-bond acceptors (Lipinski definition) is 6. The minimum atomic E-state index is -3.88. The molecule has 29 heavy (non-hydrogen) atoms. The van der Waals surface area contributed by atoms with E-state index in [4.69, 9.17) is 10.5 Å². The van der Waals surface area contributed by atoms with Crippen molar-refractivity contribution in [3.05, 3.63) is 59.7 Å². The third-order valence-electron chi connectivity index (χ3n) is 4.42. The largest absolute Gasteiger partial charge is 0.243 e. The molecule has 1 aliphatic rings. The first-order valence-corrected chi connectivity index (χ1v) is 11.7. The van der Waals surface area contributed by atoms with Crippen LogP contribution in [-0.4, -0.2) is 40.3 Å². The summed E-state index contributed by atoms with van der Waals surface area (Å²) in [5, 5.41) is 17.9. The lowest BCUT2D eigenvalue weighted by Crippen LogP contribution is -2.39. The number of benzene rings is 2. The Morgan fingerprint density at radius 2 is 1.48 bits per heavy atom. The number of hydrogen-bond donors (Lipinski definition) is 1. The standard InChI is InChI=1S/C19H18N4O4S2/c20-13-15-3-1-5-18(11-15)28(24,25)22-9-10-23(17-7-8-17)29(26,27)19-6-2-4-16(12-19)14-21/h1-6,11-12,17,22H,7-10H2. The van der Waals surface area contributed by atoms with Gasteiger partial charge in [0.25, 0.3) is 0 Å². The van der Waals surface area contributed by atoms with Gasteiger partial charge in [-0.05, 0) is 49.2 Å². The number of nitrogens with one attached hydrogen (secondary N) is 1. The fourth-order valence-electron chi connectivity index (χ4n) is 2.83. The summed E-state index contributed by atoms with van der Waals surface area (Å²) in [6.07, 6.45) is 1.41. The van der Waals surface area contributed by atoms with Crippen molar-refractivity contribution in [1.82, 2.24) is 9.03 Å². The van der Waals surface area contributed by atoms with Crippen LogP contribution in [0.3, 0.4) is 0 Å². The Balaban J connectivity index is 1.75. The molecule has 3 rings (SSSR count). The van der Waals surface area contributed by atoms with Crippen LogP contribution in [0.4, 0.5) is 0 Å². The SMILES string of the molecule is N#Cc1cccc(S(=O)(=O)NCCN(C2CC2)S(=O)(=O)c2cccc(C#N)c2)c1. The zero-order valence-electron chi connectivity index (χ0n) is 15.3. The molecule has 0 aromatic heterocycles. The van der Waals surface area contributed by atoms with Gasteiger partial charge in [0.1, 0.15) is 0 Å². The van der Waals surface area contributed by atoms with Crippen LogP contribution < -0.4 is 4.72 Å². The molecule has 0 unspecified atom stereocenters. The van der Waals surface area contributed by atoms with E-state index in [0.29, 0.717) is 12.8 Å². The van der Waals surface area contributed by atoms with Gasteiger partial charge in [0, 0.05) is 19.1 Å². The van der Waals surface area contributed by atoms with E-state index in [1.807, 2.05) is 12.1 Å². The smallest absolute Gasteiger partial charge is 0.210 e. The number of nitriles is 2. The molecule has 0 amide bonds. The van der Waals surface area contributed by atoms with Crippen LogP contribution >= 0.6 is 0 Å². The monoisotopic (exact) mass is 430 g/mol. The highest BCUT2D eigenvalue weighted by Gasteiger charge is 2.38. The highest BCUT2D eigenvalue weighted by Crippen LogP contribution is 2.31. The second kappa shape index (κ2) is 8.31. The summed E-state index contributed by atoms with van der Waals surface area (Å²) in [6, 6.07) is 14.9. The molecule has 1 N–H and O–H groups in total. The summed E-state index contributed by atoms with van der Waals surface area (Å²) >= 11 is 0. The van der Waals surface area contributed by atoms with Gasteiger partial charge >= 0.3 is 0 Å². The molecule has 0 atom stereocenters. The summed E-state index contributed by atoms with van der Waals surface area (Å²) < 4.78 is 54.5. The third kappa shape index (κ3) is 4.81. The molecule has 0 spiro atoms. The van der Waals surface area contributed by atoms with Crippen molar-refractivity contribution in [3.63, 3.8) is 0 Å². The average Bonchev–Trinajstić information content (AvgIpc) is 3.56. The zero-order chi connectivity index (χ0) is 21.1. The summed E-state index contributed by atoms with van der Waals surface area (Å²) in [4.78, 5) is -0.0490. The summed E-state index contributed by atoms with van der Waals surface area (Å²) in [5.74, 6) is 0. The van der Waals surface area contributed by atoms with E-state index in [1.165, 1.54) is 52.8 Å². The molecule has 1 saturated carbocycles. The topological polar surface area (TPSA) is 131 Å². The second-order valence-corrected chi connectivity index (χ2v) is 10.2. The quantitative estimate of drug-likeness (QED) is 0.676. The van der Waals surface area contributed by atoms with Crippen LogP contribution in [-0.2, 0) is 20.0 Å². The maximum Gasteiger partial charge on any atom is 0.243 e. The Hall–Kier alpha value is -2.76. The Bertz CT molecular complexity index is 1210. The first-order valence-electron chi connectivity index (χ1n) is 8.80. The van der Waals surface area contributed by atoms with Gasteiger partial charge in [-0.15, -0.1) is 0 Å². The van der Waals surface area contributed by atoms with Gasteiger partial charge < -0.3 is 0 Å². The number of sulfonamides is 2. The van der Waals surface area contributed by atoms with Gasteiger partial charge in [-0.1, -0.05) is 12.1 Å². The molecule has 0 heterocycles. The van der Waals surface area contributed by atoms with Crippen molar-refractivity contribution in [3.8, 4) is 12.1 Å². The van der Waals surface area contributed by atoms with E-state index in [2.05, 4.69) is 4.72 Å². The molecule has 0 aliphatic heterocycles. The van der Waals surface area contributed by atoms with Crippen molar-refractivity contribution in [2.45, 2.75) is 28.7 Å². The lowest BCUT2D eigenvalue weighted by atomic mass is 10.2. The van der Waals surface area contributed by atoms with Crippen LogP contribution in [0, 0.1) is 22.7 Å². The second-order valence-electron chi connectivity index (χ2n) is 6.52. The highest BCUT2D eigenvalue weighted by molar-refractivity contribution is 7.89. The van der Waals surface area contributed by atoms with Crippen molar-refractivity contribution in [2.24, 2.45) is 0 Å². The van der Waals surface area contributed by atoms with Gasteiger partial charge in [0.2, 0.25) is 20.0 Å². The minimum absolute atomic E-state index is 0.00743. The normalized spacial score (nSPS) is 14.3. The van der Waals surface area contributed by atoms with E-state index in [9.17, 15) is 16.8 Å². The Labute approximate surface area is 170 Å². The van der Waals surface area contributed by atoms with E-state index in [1.54, 1.807) is 0 Å². The average molecular weight is 431 g/mol. The molecule has 10 heteroatoms. The molecule has 0 saturated heterocycles. The van der Waals surface area contributed by atoms with Crippen LogP contribution in [0.1, 0.15) is 24.0 Å². The van der Waals surface area contributed by atoms with Gasteiger partial charge in [-0.2, -0.15) is 14.8 Å². The van der Waals surface area contributed by atoms with Gasteiger partial charge in [-0.3, -0.25) is 0 Å². The first-order chi connectivity index (χ1) is 13.8.